The van der Waals surface area contributed by atoms with E-state index in [4.69, 9.17) is 0 Å². The second-order valence-corrected chi connectivity index (χ2v) is 6.60. The van der Waals surface area contributed by atoms with Gasteiger partial charge in [-0.2, -0.15) is 0 Å². The fraction of sp³-hybridized carbons (Fsp3) is 0.167. The molecule has 4 nitrogen and oxygen atoms in total. The Morgan fingerprint density at radius 2 is 1.29 bits per heavy atom. The van der Waals surface area contributed by atoms with Crippen molar-refractivity contribution in [2.75, 3.05) is 7.05 Å². The van der Waals surface area contributed by atoms with E-state index in [0.717, 1.165) is 16.7 Å². The predicted molar refractivity (Wildman–Crippen MR) is 110 cm³/mol. The molecule has 4 heteroatoms. The lowest BCUT2D eigenvalue weighted by molar-refractivity contribution is -0.141. The molecule has 0 heterocycles. The van der Waals surface area contributed by atoms with Crippen molar-refractivity contribution in [2.24, 2.45) is 0 Å². The van der Waals surface area contributed by atoms with Crippen LogP contribution in [0.1, 0.15) is 22.7 Å². The molecule has 0 unspecified atom stereocenters. The molecule has 1 atom stereocenters. The minimum absolute atomic E-state index is 0.0903. The Balaban J connectivity index is 1.97. The van der Waals surface area contributed by atoms with Gasteiger partial charge in [-0.25, -0.2) is 0 Å². The average Bonchev–Trinajstić information content (AvgIpc) is 2.75. The Morgan fingerprint density at radius 1 is 0.786 bits per heavy atom. The number of nitrogens with zero attached hydrogens (tertiary/aromatic N) is 1. The summed E-state index contributed by atoms with van der Waals surface area (Å²) in [6.07, 6.45) is 0.244. The molecule has 0 fully saturated rings. The first-order valence-corrected chi connectivity index (χ1v) is 9.33. The molecule has 0 saturated carbocycles. The highest BCUT2D eigenvalue weighted by Gasteiger charge is 2.30. The van der Waals surface area contributed by atoms with E-state index in [1.165, 1.54) is 0 Å². The van der Waals surface area contributed by atoms with Gasteiger partial charge in [0.05, 0.1) is 6.42 Å². The summed E-state index contributed by atoms with van der Waals surface area (Å²) in [6.45, 7) is 0.361. The summed E-state index contributed by atoms with van der Waals surface area (Å²) in [5.41, 5.74) is 2.70. The Kier molecular flexibility index (Phi) is 6.58. The number of likely N-dealkylation sites (N-methyl/N-ethyl adjacent to an activating group) is 1. The van der Waals surface area contributed by atoms with Gasteiger partial charge in [0.15, 0.2) is 0 Å². The third-order valence-corrected chi connectivity index (χ3v) is 4.64. The monoisotopic (exact) mass is 372 g/mol. The third kappa shape index (κ3) is 4.86. The van der Waals surface area contributed by atoms with Crippen LogP contribution in [0.2, 0.25) is 0 Å². The number of nitrogens with one attached hydrogen (secondary N) is 1. The van der Waals surface area contributed by atoms with Gasteiger partial charge in [-0.1, -0.05) is 91.0 Å². The molecule has 0 aliphatic rings. The number of carbonyl (C=O) groups excluding carboxylic acids is 2. The highest BCUT2D eigenvalue weighted by Crippen LogP contribution is 2.24. The molecule has 3 aromatic carbocycles. The van der Waals surface area contributed by atoms with Crippen LogP contribution in [0, 0.1) is 0 Å². The number of amides is 2. The van der Waals surface area contributed by atoms with E-state index < -0.39 is 6.04 Å². The molecule has 28 heavy (non-hydrogen) atoms. The van der Waals surface area contributed by atoms with E-state index in [1.54, 1.807) is 11.9 Å². The maximum atomic E-state index is 13.3. The number of rotatable bonds is 7. The molecule has 0 aliphatic carbocycles. The average molecular weight is 372 g/mol. The molecule has 0 aliphatic heterocycles. The highest BCUT2D eigenvalue weighted by atomic mass is 16.2. The number of benzene rings is 3. The third-order valence-electron chi connectivity index (χ3n) is 4.64. The van der Waals surface area contributed by atoms with Crippen LogP contribution in [-0.2, 0) is 22.6 Å². The lowest BCUT2D eigenvalue weighted by Crippen LogP contribution is -2.43. The zero-order valence-corrected chi connectivity index (χ0v) is 15.9. The van der Waals surface area contributed by atoms with Crippen LogP contribution >= 0.6 is 0 Å². The molecule has 0 aromatic heterocycles. The molecular formula is C24H24N2O2. The molecule has 1 N–H and O–H groups in total. The smallest absolute Gasteiger partial charge is 0.247 e. The van der Waals surface area contributed by atoms with Crippen molar-refractivity contribution in [3.05, 3.63) is 108 Å². The van der Waals surface area contributed by atoms with Gasteiger partial charge < -0.3 is 10.2 Å². The van der Waals surface area contributed by atoms with Crippen LogP contribution in [0.4, 0.5) is 0 Å². The number of hydrogen-bond acceptors (Lipinski definition) is 2. The summed E-state index contributed by atoms with van der Waals surface area (Å²) >= 11 is 0. The largest absolute Gasteiger partial charge is 0.357 e. The Labute approximate surface area is 165 Å². The quantitative estimate of drug-likeness (QED) is 0.687. The second kappa shape index (κ2) is 9.51. The maximum absolute atomic E-state index is 13.3. The zero-order valence-electron chi connectivity index (χ0n) is 15.9. The number of carbonyl (C=O) groups is 2. The van der Waals surface area contributed by atoms with E-state index >= 15 is 0 Å². The maximum Gasteiger partial charge on any atom is 0.247 e. The fourth-order valence-corrected chi connectivity index (χ4v) is 3.22. The summed E-state index contributed by atoms with van der Waals surface area (Å²) in [4.78, 5) is 27.8. The fourth-order valence-electron chi connectivity index (χ4n) is 3.22. The van der Waals surface area contributed by atoms with Crippen molar-refractivity contribution in [3.63, 3.8) is 0 Å². The lowest BCUT2D eigenvalue weighted by Gasteiger charge is -2.31. The summed E-state index contributed by atoms with van der Waals surface area (Å²) in [5.74, 6) is -0.295. The Bertz CT molecular complexity index is 896. The van der Waals surface area contributed by atoms with Crippen LogP contribution in [0.3, 0.4) is 0 Å². The number of hydrogen-bond donors (Lipinski definition) is 1. The lowest BCUT2D eigenvalue weighted by atomic mass is 10.0. The Morgan fingerprint density at radius 3 is 1.82 bits per heavy atom. The summed E-state index contributed by atoms with van der Waals surface area (Å²) in [7, 11) is 1.60. The molecule has 0 saturated heterocycles. The van der Waals surface area contributed by atoms with E-state index in [-0.39, 0.29) is 18.2 Å². The predicted octanol–water partition coefficient (Wildman–Crippen LogP) is 3.75. The van der Waals surface area contributed by atoms with Crippen molar-refractivity contribution in [2.45, 2.75) is 19.0 Å². The summed E-state index contributed by atoms with van der Waals surface area (Å²) in [6, 6.07) is 28.1. The van der Waals surface area contributed by atoms with Crippen molar-refractivity contribution in [1.82, 2.24) is 10.2 Å². The summed E-state index contributed by atoms with van der Waals surface area (Å²) in [5, 5.41) is 2.72. The molecule has 0 radical (unpaired) electrons. The van der Waals surface area contributed by atoms with Gasteiger partial charge in [0.25, 0.3) is 0 Å². The van der Waals surface area contributed by atoms with E-state index in [2.05, 4.69) is 5.32 Å². The highest BCUT2D eigenvalue weighted by molar-refractivity contribution is 5.89. The summed E-state index contributed by atoms with van der Waals surface area (Å²) < 4.78 is 0. The van der Waals surface area contributed by atoms with Gasteiger partial charge in [0, 0.05) is 13.6 Å². The standard InChI is InChI=1S/C24H24N2O2/c1-25-24(28)23(21-15-9-4-10-16-21)26(18-20-13-7-3-8-14-20)22(27)17-19-11-5-2-6-12-19/h2-16,23H,17-18H2,1H3,(H,25,28)/t23-/m0/s1. The van der Waals surface area contributed by atoms with E-state index in [9.17, 15) is 9.59 Å². The molecule has 0 bridgehead atoms. The minimum atomic E-state index is -0.692. The first kappa shape index (κ1) is 19.4. The van der Waals surface area contributed by atoms with Gasteiger partial charge in [-0.05, 0) is 16.7 Å². The minimum Gasteiger partial charge on any atom is -0.357 e. The molecule has 3 rings (SSSR count). The topological polar surface area (TPSA) is 49.4 Å². The van der Waals surface area contributed by atoms with Crippen molar-refractivity contribution in [1.29, 1.82) is 0 Å². The van der Waals surface area contributed by atoms with Gasteiger partial charge in [-0.15, -0.1) is 0 Å². The molecule has 3 aromatic rings. The van der Waals surface area contributed by atoms with Gasteiger partial charge >= 0.3 is 0 Å². The Hall–Kier alpha value is -3.40. The van der Waals surface area contributed by atoms with Crippen molar-refractivity contribution in [3.8, 4) is 0 Å². The molecule has 142 valence electrons. The van der Waals surface area contributed by atoms with Gasteiger partial charge in [0.1, 0.15) is 6.04 Å². The first-order chi connectivity index (χ1) is 13.7. The molecule has 0 spiro atoms. The van der Waals surface area contributed by atoms with Crippen LogP contribution in [0.25, 0.3) is 0 Å². The normalized spacial score (nSPS) is 11.5. The second-order valence-electron chi connectivity index (χ2n) is 6.60. The van der Waals surface area contributed by atoms with Crippen LogP contribution in [0.15, 0.2) is 91.0 Å². The SMILES string of the molecule is CNC(=O)[C@H](c1ccccc1)N(Cc1ccccc1)C(=O)Cc1ccccc1. The first-order valence-electron chi connectivity index (χ1n) is 9.33. The van der Waals surface area contributed by atoms with Crippen molar-refractivity contribution < 1.29 is 9.59 Å². The van der Waals surface area contributed by atoms with E-state index in [0.29, 0.717) is 6.54 Å². The zero-order chi connectivity index (χ0) is 19.8. The van der Waals surface area contributed by atoms with Gasteiger partial charge in [0.2, 0.25) is 11.8 Å². The van der Waals surface area contributed by atoms with Gasteiger partial charge in [-0.3, -0.25) is 9.59 Å². The van der Waals surface area contributed by atoms with E-state index in [1.807, 2.05) is 91.0 Å². The van der Waals surface area contributed by atoms with Crippen LogP contribution < -0.4 is 5.32 Å². The van der Waals surface area contributed by atoms with Crippen LogP contribution in [0.5, 0.6) is 0 Å². The van der Waals surface area contributed by atoms with Crippen LogP contribution in [-0.4, -0.2) is 23.8 Å². The molecule has 2 amide bonds. The van der Waals surface area contributed by atoms with Crippen molar-refractivity contribution >= 4 is 11.8 Å². The molecular weight excluding hydrogens is 348 g/mol.